The number of nitrogens with zero attached hydrogens (tertiary/aromatic N) is 2. The van der Waals surface area contributed by atoms with Crippen molar-refractivity contribution >= 4 is 29.2 Å². The van der Waals surface area contributed by atoms with Crippen LogP contribution in [0.4, 0.5) is 4.79 Å². The van der Waals surface area contributed by atoms with Gasteiger partial charge in [-0.2, -0.15) is 0 Å². The largest absolute Gasteiger partial charge is 0.496 e. The van der Waals surface area contributed by atoms with Gasteiger partial charge in [0.25, 0.3) is 5.91 Å². The summed E-state index contributed by atoms with van der Waals surface area (Å²) >= 11 is 1.61. The molecule has 2 heterocycles. The van der Waals surface area contributed by atoms with E-state index in [4.69, 9.17) is 4.74 Å². The van der Waals surface area contributed by atoms with E-state index in [0.717, 1.165) is 33.7 Å². The molecule has 29 heavy (non-hydrogen) atoms. The van der Waals surface area contributed by atoms with Crippen LogP contribution in [-0.4, -0.2) is 48.3 Å². The van der Waals surface area contributed by atoms with Crippen molar-refractivity contribution in [2.75, 3.05) is 20.7 Å². The average molecular weight is 413 g/mol. The smallest absolute Gasteiger partial charge is 0.325 e. The van der Waals surface area contributed by atoms with Gasteiger partial charge in [0.2, 0.25) is 5.91 Å². The predicted octanol–water partition coefficient (Wildman–Crippen LogP) is 2.50. The first-order chi connectivity index (χ1) is 14.0. The van der Waals surface area contributed by atoms with E-state index in [1.807, 2.05) is 35.7 Å². The highest BCUT2D eigenvalue weighted by molar-refractivity contribution is 7.10. The number of benzene rings is 1. The van der Waals surface area contributed by atoms with Gasteiger partial charge in [0.15, 0.2) is 0 Å². The van der Waals surface area contributed by atoms with Crippen LogP contribution in [0.3, 0.4) is 0 Å². The van der Waals surface area contributed by atoms with Gasteiger partial charge in [0.1, 0.15) is 17.8 Å². The number of hydrogen-bond acceptors (Lipinski definition) is 5. The molecule has 0 unspecified atom stereocenters. The van der Waals surface area contributed by atoms with E-state index in [2.05, 4.69) is 5.32 Å². The molecular weight excluding hydrogens is 390 g/mol. The van der Waals surface area contributed by atoms with Crippen molar-refractivity contribution in [3.8, 4) is 5.75 Å². The third-order valence-electron chi connectivity index (χ3n) is 5.66. The fraction of sp³-hybridized carbons (Fsp3) is 0.381. The van der Waals surface area contributed by atoms with E-state index < -0.39 is 11.6 Å². The van der Waals surface area contributed by atoms with E-state index in [1.165, 1.54) is 4.90 Å². The summed E-state index contributed by atoms with van der Waals surface area (Å²) < 4.78 is 5.33. The summed E-state index contributed by atoms with van der Waals surface area (Å²) in [6.07, 6.45) is 2.30. The first kappa shape index (κ1) is 19.4. The van der Waals surface area contributed by atoms with Crippen molar-refractivity contribution in [2.24, 2.45) is 0 Å². The molecule has 1 fully saturated rings. The molecule has 1 aromatic carbocycles. The number of amides is 4. The normalized spacial score (nSPS) is 20.6. The second kappa shape index (κ2) is 7.51. The van der Waals surface area contributed by atoms with Crippen molar-refractivity contribution in [1.82, 2.24) is 15.1 Å². The Morgan fingerprint density at radius 2 is 2.10 bits per heavy atom. The number of rotatable bonds is 5. The van der Waals surface area contributed by atoms with Gasteiger partial charge in [0.05, 0.1) is 7.11 Å². The lowest BCUT2D eigenvalue weighted by Gasteiger charge is -2.31. The van der Waals surface area contributed by atoms with Gasteiger partial charge in [-0.25, -0.2) is 4.79 Å². The molecule has 1 aliphatic carbocycles. The Morgan fingerprint density at radius 1 is 1.31 bits per heavy atom. The van der Waals surface area contributed by atoms with Gasteiger partial charge >= 0.3 is 6.03 Å². The summed E-state index contributed by atoms with van der Waals surface area (Å²) in [6.45, 7) is 0.0455. The average Bonchev–Trinajstić information content (AvgIpc) is 3.29. The lowest BCUT2D eigenvalue weighted by Crippen LogP contribution is -2.46. The van der Waals surface area contributed by atoms with E-state index in [-0.39, 0.29) is 18.4 Å². The first-order valence-corrected chi connectivity index (χ1v) is 10.4. The van der Waals surface area contributed by atoms with E-state index >= 15 is 0 Å². The number of carbonyl (C=O) groups is 3. The highest BCUT2D eigenvalue weighted by Crippen LogP contribution is 2.42. The zero-order chi connectivity index (χ0) is 20.6. The Morgan fingerprint density at radius 3 is 2.90 bits per heavy atom. The van der Waals surface area contributed by atoms with Crippen LogP contribution in [0, 0.1) is 0 Å². The summed E-state index contributed by atoms with van der Waals surface area (Å²) in [5, 5.41) is 4.83. The van der Waals surface area contributed by atoms with Crippen LogP contribution in [0.25, 0.3) is 0 Å². The molecule has 1 atom stereocenters. The minimum atomic E-state index is -1.02. The molecule has 0 bridgehead atoms. The predicted molar refractivity (Wildman–Crippen MR) is 109 cm³/mol. The quantitative estimate of drug-likeness (QED) is 0.764. The van der Waals surface area contributed by atoms with E-state index in [0.29, 0.717) is 18.7 Å². The molecule has 8 heteroatoms. The molecule has 0 saturated carbocycles. The lowest BCUT2D eigenvalue weighted by atomic mass is 9.80. The molecule has 1 aromatic heterocycles. The summed E-state index contributed by atoms with van der Waals surface area (Å²) in [4.78, 5) is 42.3. The van der Waals surface area contributed by atoms with Gasteiger partial charge in [0, 0.05) is 29.6 Å². The zero-order valence-corrected chi connectivity index (χ0v) is 17.3. The highest BCUT2D eigenvalue weighted by Gasteiger charge is 2.54. The molecule has 1 aliphatic heterocycles. The van der Waals surface area contributed by atoms with Crippen LogP contribution in [0.5, 0.6) is 5.75 Å². The lowest BCUT2D eigenvalue weighted by molar-refractivity contribution is -0.139. The van der Waals surface area contributed by atoms with Gasteiger partial charge in [-0.1, -0.05) is 18.2 Å². The minimum absolute atomic E-state index is 0.280. The summed E-state index contributed by atoms with van der Waals surface area (Å²) in [5.41, 5.74) is 0.714. The number of methoxy groups -OCH3 is 1. The maximum atomic E-state index is 13.2. The fourth-order valence-electron chi connectivity index (χ4n) is 4.12. The number of aryl methyl sites for hydroxylation is 1. The third-order valence-corrected chi connectivity index (χ3v) is 6.64. The van der Waals surface area contributed by atoms with E-state index in [9.17, 15) is 14.4 Å². The number of nitrogens with one attached hydrogen (secondary N) is 1. The molecule has 1 spiro atoms. The fourth-order valence-corrected chi connectivity index (χ4v) is 5.12. The maximum Gasteiger partial charge on any atom is 0.325 e. The van der Waals surface area contributed by atoms with Gasteiger partial charge in [-0.3, -0.25) is 14.5 Å². The van der Waals surface area contributed by atoms with Gasteiger partial charge < -0.3 is 15.0 Å². The Hall–Kier alpha value is -2.87. The van der Waals surface area contributed by atoms with Crippen molar-refractivity contribution in [1.29, 1.82) is 0 Å². The topological polar surface area (TPSA) is 79.0 Å². The number of likely N-dealkylation sites (N-methyl/N-ethyl adjacent to an activating group) is 1. The Balaban J connectivity index is 1.49. The molecule has 2 aliphatic rings. The second-order valence-corrected chi connectivity index (χ2v) is 8.40. The van der Waals surface area contributed by atoms with Crippen molar-refractivity contribution in [2.45, 2.75) is 31.3 Å². The number of imide groups is 1. The zero-order valence-electron chi connectivity index (χ0n) is 16.4. The number of para-hydroxylation sites is 1. The Bertz CT molecular complexity index is 972. The van der Waals surface area contributed by atoms with Crippen molar-refractivity contribution in [3.63, 3.8) is 0 Å². The van der Waals surface area contributed by atoms with Crippen LogP contribution in [0.1, 0.15) is 28.8 Å². The van der Waals surface area contributed by atoms with Crippen LogP contribution in [0.2, 0.25) is 0 Å². The SMILES string of the molecule is COc1ccccc1CN(C)C(=O)CN1C(=O)N[C@@]2(CCCc3sccc32)C1=O. The molecule has 1 saturated heterocycles. The number of thiophene rings is 1. The summed E-state index contributed by atoms with van der Waals surface area (Å²) in [6, 6.07) is 8.85. The Kier molecular flexibility index (Phi) is 5.04. The maximum absolute atomic E-state index is 13.2. The van der Waals surface area contributed by atoms with Crippen molar-refractivity contribution in [3.05, 3.63) is 51.7 Å². The molecule has 152 valence electrons. The van der Waals surface area contributed by atoms with Crippen LogP contribution in [0.15, 0.2) is 35.7 Å². The first-order valence-electron chi connectivity index (χ1n) is 9.53. The molecule has 0 radical (unpaired) electrons. The standard InChI is InChI=1S/C21H23N3O4S/c1-23(12-14-6-3-4-7-16(14)28-2)18(25)13-24-19(26)21(22-20(24)27)10-5-8-17-15(21)9-11-29-17/h3-4,6-7,9,11H,5,8,10,12-13H2,1-2H3,(H,22,27)/t21-/m1/s1. The van der Waals surface area contributed by atoms with Crippen LogP contribution >= 0.6 is 11.3 Å². The van der Waals surface area contributed by atoms with Gasteiger partial charge in [-0.05, 0) is 36.8 Å². The highest BCUT2D eigenvalue weighted by atomic mass is 32.1. The van der Waals surface area contributed by atoms with Crippen LogP contribution < -0.4 is 10.1 Å². The summed E-state index contributed by atoms with van der Waals surface area (Å²) in [7, 11) is 3.23. The van der Waals surface area contributed by atoms with Crippen molar-refractivity contribution < 1.29 is 19.1 Å². The Labute approximate surface area is 173 Å². The molecule has 1 N–H and O–H groups in total. The molecule has 7 nitrogen and oxygen atoms in total. The van der Waals surface area contributed by atoms with Gasteiger partial charge in [-0.15, -0.1) is 11.3 Å². The third kappa shape index (κ3) is 3.27. The minimum Gasteiger partial charge on any atom is -0.496 e. The molecular formula is C21H23N3O4S. The summed E-state index contributed by atoms with van der Waals surface area (Å²) in [5.74, 6) is 0.0481. The molecule has 4 rings (SSSR count). The molecule has 4 amide bonds. The number of hydrogen-bond donors (Lipinski definition) is 1. The monoisotopic (exact) mass is 413 g/mol. The number of carbonyl (C=O) groups excluding carboxylic acids is 3. The number of urea groups is 1. The van der Waals surface area contributed by atoms with E-state index in [1.54, 1.807) is 25.5 Å². The molecule has 2 aromatic rings. The second-order valence-electron chi connectivity index (χ2n) is 7.40. The number of fused-ring (bicyclic) bond motifs is 2. The van der Waals surface area contributed by atoms with Crippen LogP contribution in [-0.2, 0) is 28.1 Å². The number of ether oxygens (including phenoxy) is 1.